The van der Waals surface area contributed by atoms with Crippen LogP contribution in [0.5, 0.6) is 0 Å². The Bertz CT molecular complexity index is 721. The van der Waals surface area contributed by atoms with E-state index in [0.29, 0.717) is 6.42 Å². The van der Waals surface area contributed by atoms with E-state index in [1.165, 1.54) is 17.7 Å². The van der Waals surface area contributed by atoms with E-state index < -0.39 is 10.1 Å². The fraction of sp³-hybridized carbons (Fsp3) is 0.188. The smallest absolute Gasteiger partial charge is 0.294 e. The molecule has 0 aromatic heterocycles. The number of benzene rings is 2. The third-order valence-electron chi connectivity index (χ3n) is 2.83. The van der Waals surface area contributed by atoms with Crippen LogP contribution in [0.15, 0.2) is 53.4 Å². The van der Waals surface area contributed by atoms with Crippen molar-refractivity contribution in [2.24, 2.45) is 5.73 Å². The quantitative estimate of drug-likeness (QED) is 0.459. The van der Waals surface area contributed by atoms with Gasteiger partial charge in [0, 0.05) is 6.42 Å². The van der Waals surface area contributed by atoms with Gasteiger partial charge in [0.2, 0.25) is 0 Å². The fourth-order valence-corrected chi connectivity index (χ4v) is 2.12. The molecule has 0 atom stereocenters. The van der Waals surface area contributed by atoms with Crippen molar-refractivity contribution >= 4 is 16.0 Å². The van der Waals surface area contributed by atoms with Gasteiger partial charge in [-0.2, -0.15) is 8.42 Å². The Balaban J connectivity index is 0.000000220. The molecule has 0 aliphatic carbocycles. The van der Waals surface area contributed by atoms with Crippen LogP contribution in [-0.4, -0.2) is 18.8 Å². The van der Waals surface area contributed by atoms with Crippen molar-refractivity contribution in [2.45, 2.75) is 25.2 Å². The Morgan fingerprint density at radius 2 is 1.41 bits per heavy atom. The summed E-state index contributed by atoms with van der Waals surface area (Å²) in [7, 11) is -4.02. The molecule has 5 nitrogen and oxygen atoms in total. The molecular formula is C16H20N2O3S. The lowest BCUT2D eigenvalue weighted by molar-refractivity contribution is 0.483. The molecule has 0 bridgehead atoms. The largest absolute Gasteiger partial charge is 0.387 e. The zero-order valence-electron chi connectivity index (χ0n) is 12.6. The lowest BCUT2D eigenvalue weighted by atomic mass is 10.1. The number of amidine groups is 1. The molecule has 0 fully saturated rings. The molecule has 2 aromatic rings. The number of nitrogens with one attached hydrogen (secondary N) is 1. The van der Waals surface area contributed by atoms with Gasteiger partial charge in [0.15, 0.2) is 0 Å². The molecule has 0 aliphatic rings. The van der Waals surface area contributed by atoms with Crippen LogP contribution in [0.3, 0.4) is 0 Å². The standard InChI is InChI=1S/C9H12N2.C7H8O3S/c1-7-2-4-8(5-3-7)6-9(10)11;1-6-2-4-7(5-3-6)11(8,9)10/h2-5H,6H2,1H3,(H3,10,11);2-5H,1H3,(H,8,9,10). The van der Waals surface area contributed by atoms with E-state index >= 15 is 0 Å². The van der Waals surface area contributed by atoms with E-state index in [4.69, 9.17) is 15.7 Å². The van der Waals surface area contributed by atoms with E-state index in [2.05, 4.69) is 0 Å². The maximum absolute atomic E-state index is 10.5. The van der Waals surface area contributed by atoms with Gasteiger partial charge < -0.3 is 5.73 Å². The van der Waals surface area contributed by atoms with E-state index in [-0.39, 0.29) is 10.7 Å². The molecule has 0 unspecified atom stereocenters. The Labute approximate surface area is 131 Å². The normalized spacial score (nSPS) is 10.5. The predicted octanol–water partition coefficient (Wildman–Crippen LogP) is 2.72. The van der Waals surface area contributed by atoms with Crippen LogP contribution in [0.2, 0.25) is 0 Å². The zero-order valence-corrected chi connectivity index (χ0v) is 13.4. The zero-order chi connectivity index (χ0) is 16.8. The van der Waals surface area contributed by atoms with Gasteiger partial charge in [-0.3, -0.25) is 9.96 Å². The second-order valence-corrected chi connectivity index (χ2v) is 6.40. The van der Waals surface area contributed by atoms with Crippen molar-refractivity contribution in [2.75, 3.05) is 0 Å². The van der Waals surface area contributed by atoms with Crippen molar-refractivity contribution in [3.05, 3.63) is 65.2 Å². The van der Waals surface area contributed by atoms with Gasteiger partial charge in [0.05, 0.1) is 10.7 Å². The van der Waals surface area contributed by atoms with Crippen LogP contribution in [0, 0.1) is 19.3 Å². The Morgan fingerprint density at radius 3 is 1.77 bits per heavy atom. The Kier molecular flexibility index (Phi) is 6.27. The van der Waals surface area contributed by atoms with Crippen molar-refractivity contribution in [1.82, 2.24) is 0 Å². The second-order valence-electron chi connectivity index (χ2n) is 4.98. The minimum absolute atomic E-state index is 0.0666. The third kappa shape index (κ3) is 6.51. The van der Waals surface area contributed by atoms with Crippen LogP contribution in [0.4, 0.5) is 0 Å². The summed E-state index contributed by atoms with van der Waals surface area (Å²) in [4.78, 5) is -0.0666. The molecule has 0 spiro atoms. The maximum atomic E-state index is 10.5. The average Bonchev–Trinajstić information content (AvgIpc) is 2.41. The van der Waals surface area contributed by atoms with Crippen molar-refractivity contribution in [3.63, 3.8) is 0 Å². The van der Waals surface area contributed by atoms with Gasteiger partial charge in [-0.05, 0) is 31.5 Å². The topological polar surface area (TPSA) is 104 Å². The van der Waals surface area contributed by atoms with Gasteiger partial charge in [-0.25, -0.2) is 0 Å². The molecule has 0 aliphatic heterocycles. The summed E-state index contributed by atoms with van der Waals surface area (Å²) in [6.45, 7) is 3.88. The van der Waals surface area contributed by atoms with Gasteiger partial charge in [0.25, 0.3) is 10.1 Å². The lowest BCUT2D eigenvalue weighted by Gasteiger charge is -1.98. The average molecular weight is 320 g/mol. The molecule has 0 saturated carbocycles. The fourth-order valence-electron chi connectivity index (χ4n) is 1.64. The van der Waals surface area contributed by atoms with Crippen LogP contribution in [-0.2, 0) is 16.5 Å². The minimum atomic E-state index is -4.02. The first-order valence-corrected chi connectivity index (χ1v) is 8.05. The molecular weight excluding hydrogens is 300 g/mol. The van der Waals surface area contributed by atoms with Crippen molar-refractivity contribution in [3.8, 4) is 0 Å². The molecule has 118 valence electrons. The molecule has 0 amide bonds. The molecule has 4 N–H and O–H groups in total. The first-order valence-electron chi connectivity index (χ1n) is 6.61. The molecule has 2 aromatic carbocycles. The van der Waals surface area contributed by atoms with E-state index in [9.17, 15) is 8.42 Å². The van der Waals surface area contributed by atoms with Crippen molar-refractivity contribution in [1.29, 1.82) is 5.41 Å². The molecule has 0 radical (unpaired) electrons. The maximum Gasteiger partial charge on any atom is 0.294 e. The number of nitrogens with two attached hydrogens (primary N) is 1. The predicted molar refractivity (Wildman–Crippen MR) is 87.8 cm³/mol. The second kappa shape index (κ2) is 7.72. The number of hydrogen-bond acceptors (Lipinski definition) is 3. The monoisotopic (exact) mass is 320 g/mol. The summed E-state index contributed by atoms with van der Waals surface area (Å²) < 4.78 is 29.6. The van der Waals surface area contributed by atoms with Gasteiger partial charge >= 0.3 is 0 Å². The molecule has 0 heterocycles. The molecule has 6 heteroatoms. The molecule has 2 rings (SSSR count). The Morgan fingerprint density at radius 1 is 1.00 bits per heavy atom. The number of hydrogen-bond donors (Lipinski definition) is 3. The third-order valence-corrected chi connectivity index (χ3v) is 3.70. The number of rotatable bonds is 3. The summed E-state index contributed by atoms with van der Waals surface area (Å²) in [5.74, 6) is 0.217. The summed E-state index contributed by atoms with van der Waals surface area (Å²) in [5.41, 5.74) is 8.54. The van der Waals surface area contributed by atoms with Gasteiger partial charge in [-0.1, -0.05) is 47.5 Å². The highest BCUT2D eigenvalue weighted by molar-refractivity contribution is 7.85. The number of aryl methyl sites for hydroxylation is 2. The molecule has 0 saturated heterocycles. The summed E-state index contributed by atoms with van der Waals surface area (Å²) >= 11 is 0. The Hall–Kier alpha value is -2.18. The highest BCUT2D eigenvalue weighted by Crippen LogP contribution is 2.08. The summed E-state index contributed by atoms with van der Waals surface area (Å²) in [6, 6.07) is 14.0. The van der Waals surface area contributed by atoms with Crippen LogP contribution < -0.4 is 5.73 Å². The summed E-state index contributed by atoms with van der Waals surface area (Å²) in [6.07, 6.45) is 0.556. The SMILES string of the molecule is Cc1ccc(CC(=N)N)cc1.Cc1ccc(S(=O)(=O)O)cc1. The highest BCUT2D eigenvalue weighted by atomic mass is 32.2. The van der Waals surface area contributed by atoms with Crippen LogP contribution >= 0.6 is 0 Å². The highest BCUT2D eigenvalue weighted by Gasteiger charge is 2.06. The van der Waals surface area contributed by atoms with E-state index in [0.717, 1.165) is 11.1 Å². The lowest BCUT2D eigenvalue weighted by Crippen LogP contribution is -2.12. The minimum Gasteiger partial charge on any atom is -0.387 e. The first-order chi connectivity index (χ1) is 10.2. The van der Waals surface area contributed by atoms with E-state index in [1.807, 2.05) is 38.1 Å². The molecule has 22 heavy (non-hydrogen) atoms. The van der Waals surface area contributed by atoms with Gasteiger partial charge in [0.1, 0.15) is 0 Å². The summed E-state index contributed by atoms with van der Waals surface area (Å²) in [5, 5.41) is 7.06. The van der Waals surface area contributed by atoms with Crippen LogP contribution in [0.1, 0.15) is 16.7 Å². The van der Waals surface area contributed by atoms with Crippen molar-refractivity contribution < 1.29 is 13.0 Å². The van der Waals surface area contributed by atoms with Gasteiger partial charge in [-0.15, -0.1) is 0 Å². The van der Waals surface area contributed by atoms with Crippen LogP contribution in [0.25, 0.3) is 0 Å². The first kappa shape index (κ1) is 17.9. The van der Waals surface area contributed by atoms with E-state index in [1.54, 1.807) is 12.1 Å².